The number of hydrogen-bond donors (Lipinski definition) is 2. The lowest BCUT2D eigenvalue weighted by molar-refractivity contribution is -0.116. The van der Waals surface area contributed by atoms with E-state index in [0.717, 1.165) is 9.87 Å². The molecule has 0 aromatic heterocycles. The highest BCUT2D eigenvalue weighted by atomic mass is 35.5. The van der Waals surface area contributed by atoms with E-state index in [-0.39, 0.29) is 40.1 Å². The van der Waals surface area contributed by atoms with Gasteiger partial charge < -0.3 is 10.1 Å². The van der Waals surface area contributed by atoms with Crippen LogP contribution in [0.3, 0.4) is 0 Å². The molecule has 3 aromatic carbocycles. The zero-order valence-corrected chi connectivity index (χ0v) is 22.2. The first kappa shape index (κ1) is 27.5. The third-order valence-corrected chi connectivity index (χ3v) is 8.83. The molecule has 36 heavy (non-hydrogen) atoms. The van der Waals surface area contributed by atoms with Crippen LogP contribution >= 0.6 is 11.6 Å². The highest BCUT2D eigenvalue weighted by Crippen LogP contribution is 2.33. The maximum Gasteiger partial charge on any atom is 0.264 e. The molecule has 1 amide bonds. The number of amides is 1. The van der Waals surface area contributed by atoms with Crippen LogP contribution in [0.1, 0.15) is 12.0 Å². The van der Waals surface area contributed by atoms with Gasteiger partial charge in [0.1, 0.15) is 5.75 Å². The summed E-state index contributed by atoms with van der Waals surface area (Å²) in [5, 5.41) is 3.11. The van der Waals surface area contributed by atoms with Crippen molar-refractivity contribution in [3.8, 4) is 5.75 Å². The number of para-hydroxylation sites is 1. The number of aryl methyl sites for hydroxylation is 1. The predicted octanol–water partition coefficient (Wildman–Crippen LogP) is 3.79. The Bertz CT molecular complexity index is 1460. The first-order valence-electron chi connectivity index (χ1n) is 10.7. The van der Waals surface area contributed by atoms with Crippen LogP contribution < -0.4 is 19.1 Å². The molecule has 192 valence electrons. The number of ether oxygens (including phenoxy) is 1. The molecule has 0 bridgehead atoms. The minimum absolute atomic E-state index is 0.0209. The minimum Gasteiger partial charge on any atom is -0.495 e. The maximum atomic E-state index is 13.1. The number of halogens is 1. The molecule has 0 fully saturated rings. The van der Waals surface area contributed by atoms with Crippen molar-refractivity contribution in [3.63, 3.8) is 0 Å². The summed E-state index contributed by atoms with van der Waals surface area (Å²) in [6.07, 6.45) is -0.0958. The van der Waals surface area contributed by atoms with Crippen LogP contribution in [0.4, 0.5) is 11.4 Å². The van der Waals surface area contributed by atoms with Gasteiger partial charge in [-0.25, -0.2) is 21.6 Å². The van der Waals surface area contributed by atoms with Crippen molar-refractivity contribution in [2.24, 2.45) is 0 Å². The number of rotatable bonds is 10. The van der Waals surface area contributed by atoms with Gasteiger partial charge in [-0.05, 0) is 61.0 Å². The van der Waals surface area contributed by atoms with Crippen molar-refractivity contribution in [1.82, 2.24) is 4.72 Å². The average Bonchev–Trinajstić information content (AvgIpc) is 2.84. The highest BCUT2D eigenvalue weighted by Gasteiger charge is 2.26. The maximum absolute atomic E-state index is 13.1. The average molecular weight is 552 g/mol. The second-order valence-electron chi connectivity index (χ2n) is 7.77. The molecule has 0 spiro atoms. The van der Waals surface area contributed by atoms with Crippen molar-refractivity contribution < 1.29 is 26.4 Å². The Morgan fingerprint density at radius 1 is 0.972 bits per heavy atom. The number of nitrogens with one attached hydrogen (secondary N) is 2. The molecule has 0 aliphatic carbocycles. The SMILES string of the molecule is COc1ccc(S(=O)(=O)NCCC(=O)Nc2ccccc2C)cc1N(C)S(=O)(=O)c1ccc(Cl)cc1. The van der Waals surface area contributed by atoms with Gasteiger partial charge in [-0.1, -0.05) is 29.8 Å². The van der Waals surface area contributed by atoms with Crippen LogP contribution in [-0.2, 0) is 24.8 Å². The lowest BCUT2D eigenvalue weighted by atomic mass is 10.2. The fourth-order valence-corrected chi connectivity index (χ4v) is 5.66. The van der Waals surface area contributed by atoms with E-state index < -0.39 is 20.0 Å². The predicted molar refractivity (Wildman–Crippen MR) is 140 cm³/mol. The Kier molecular flexibility index (Phi) is 8.62. The van der Waals surface area contributed by atoms with Crippen LogP contribution in [0.2, 0.25) is 5.02 Å². The summed E-state index contributed by atoms with van der Waals surface area (Å²) in [5.74, 6) is -0.192. The van der Waals surface area contributed by atoms with Crippen LogP contribution in [0, 0.1) is 6.92 Å². The summed E-state index contributed by atoms with van der Waals surface area (Å²) < 4.78 is 60.6. The van der Waals surface area contributed by atoms with E-state index in [0.29, 0.717) is 10.7 Å². The summed E-state index contributed by atoms with van der Waals surface area (Å²) in [6, 6.07) is 16.7. The van der Waals surface area contributed by atoms with Gasteiger partial charge in [0.2, 0.25) is 15.9 Å². The number of hydrogen-bond acceptors (Lipinski definition) is 6. The summed E-state index contributed by atoms with van der Waals surface area (Å²) >= 11 is 5.86. The van der Waals surface area contributed by atoms with Gasteiger partial charge >= 0.3 is 0 Å². The molecule has 0 saturated carbocycles. The topological polar surface area (TPSA) is 122 Å². The Labute approximate surface area is 216 Å². The van der Waals surface area contributed by atoms with Gasteiger partial charge in [-0.15, -0.1) is 0 Å². The number of carbonyl (C=O) groups excluding carboxylic acids is 1. The first-order valence-corrected chi connectivity index (χ1v) is 14.0. The van der Waals surface area contributed by atoms with Crippen LogP contribution in [0.25, 0.3) is 0 Å². The molecule has 0 saturated heterocycles. The Morgan fingerprint density at radius 2 is 1.61 bits per heavy atom. The number of carbonyl (C=O) groups is 1. The monoisotopic (exact) mass is 551 g/mol. The molecule has 0 atom stereocenters. The molecule has 9 nitrogen and oxygen atoms in total. The van der Waals surface area contributed by atoms with Crippen molar-refractivity contribution in [1.29, 1.82) is 0 Å². The van der Waals surface area contributed by atoms with Crippen molar-refractivity contribution in [2.75, 3.05) is 30.3 Å². The third kappa shape index (κ3) is 6.35. The fourth-order valence-electron chi connectivity index (χ4n) is 3.29. The molecule has 0 unspecified atom stereocenters. The van der Waals surface area contributed by atoms with Gasteiger partial charge in [0, 0.05) is 30.7 Å². The van der Waals surface area contributed by atoms with E-state index in [1.54, 1.807) is 12.1 Å². The summed E-state index contributed by atoms with van der Waals surface area (Å²) in [5.41, 5.74) is 1.55. The lowest BCUT2D eigenvalue weighted by Gasteiger charge is -2.22. The van der Waals surface area contributed by atoms with Gasteiger partial charge in [-0.3, -0.25) is 9.10 Å². The molecule has 0 radical (unpaired) electrons. The second-order valence-corrected chi connectivity index (χ2v) is 11.9. The van der Waals surface area contributed by atoms with E-state index >= 15 is 0 Å². The summed E-state index contributed by atoms with van der Waals surface area (Å²) in [4.78, 5) is 12.0. The lowest BCUT2D eigenvalue weighted by Crippen LogP contribution is -2.29. The first-order chi connectivity index (χ1) is 17.0. The molecule has 0 aliphatic rings. The molecule has 2 N–H and O–H groups in total. The molecule has 0 heterocycles. The number of benzene rings is 3. The van der Waals surface area contributed by atoms with Crippen LogP contribution in [0.15, 0.2) is 76.5 Å². The van der Waals surface area contributed by atoms with E-state index in [2.05, 4.69) is 10.0 Å². The van der Waals surface area contributed by atoms with E-state index in [1.807, 2.05) is 19.1 Å². The van der Waals surface area contributed by atoms with Gasteiger partial charge in [0.15, 0.2) is 0 Å². The number of nitrogens with zero attached hydrogens (tertiary/aromatic N) is 1. The molecule has 3 aromatic rings. The van der Waals surface area contributed by atoms with Crippen molar-refractivity contribution in [2.45, 2.75) is 23.1 Å². The zero-order chi connectivity index (χ0) is 26.5. The molecular formula is C24H26ClN3O6S2. The normalized spacial score (nSPS) is 11.7. The molecule has 12 heteroatoms. The van der Waals surface area contributed by atoms with Gasteiger partial charge in [-0.2, -0.15) is 0 Å². The summed E-state index contributed by atoms with van der Waals surface area (Å²) in [6.45, 7) is 1.70. The van der Waals surface area contributed by atoms with Gasteiger partial charge in [0.25, 0.3) is 10.0 Å². The quantitative estimate of drug-likeness (QED) is 0.395. The number of methoxy groups -OCH3 is 1. The smallest absolute Gasteiger partial charge is 0.264 e. The van der Waals surface area contributed by atoms with Crippen molar-refractivity contribution in [3.05, 3.63) is 77.3 Å². The van der Waals surface area contributed by atoms with Crippen LogP contribution in [-0.4, -0.2) is 43.4 Å². The fraction of sp³-hybridized carbons (Fsp3) is 0.208. The minimum atomic E-state index is -4.06. The molecule has 3 rings (SSSR count). The summed E-state index contributed by atoms with van der Waals surface area (Å²) in [7, 11) is -5.46. The van der Waals surface area contributed by atoms with E-state index in [1.165, 1.54) is 56.6 Å². The second kappa shape index (κ2) is 11.3. The molecular weight excluding hydrogens is 526 g/mol. The largest absolute Gasteiger partial charge is 0.495 e. The zero-order valence-electron chi connectivity index (χ0n) is 19.9. The highest BCUT2D eigenvalue weighted by molar-refractivity contribution is 7.92. The molecule has 0 aliphatic heterocycles. The van der Waals surface area contributed by atoms with Crippen LogP contribution in [0.5, 0.6) is 5.75 Å². The Balaban J connectivity index is 1.77. The van der Waals surface area contributed by atoms with Crippen molar-refractivity contribution >= 4 is 48.9 Å². The Hall–Kier alpha value is -3.12. The Morgan fingerprint density at radius 3 is 2.25 bits per heavy atom. The van der Waals surface area contributed by atoms with E-state index in [9.17, 15) is 21.6 Å². The van der Waals surface area contributed by atoms with Gasteiger partial charge in [0.05, 0.1) is 22.6 Å². The standard InChI is InChI=1S/C24H26ClN3O6S2/c1-17-6-4-5-7-21(17)27-24(29)14-15-26-35(30,31)20-12-13-23(34-3)22(16-20)28(2)36(32,33)19-10-8-18(25)9-11-19/h4-13,16,26H,14-15H2,1-3H3,(H,27,29). The van der Waals surface area contributed by atoms with E-state index in [4.69, 9.17) is 16.3 Å². The number of anilines is 2. The third-order valence-electron chi connectivity index (χ3n) is 5.34. The number of sulfonamides is 2.